The lowest BCUT2D eigenvalue weighted by molar-refractivity contribution is -0.119. The minimum Gasteiger partial charge on any atom is -0.309 e. The van der Waals surface area contributed by atoms with Gasteiger partial charge in [-0.15, -0.1) is 0 Å². The van der Waals surface area contributed by atoms with Gasteiger partial charge in [0.2, 0.25) is 5.91 Å². The second kappa shape index (κ2) is 5.66. The number of hydrogen-bond acceptors (Lipinski definition) is 3. The van der Waals surface area contributed by atoms with Crippen LogP contribution in [0.1, 0.15) is 18.4 Å². The summed E-state index contributed by atoms with van der Waals surface area (Å²) in [5.74, 6) is -1.15. The molecule has 1 atom stereocenters. The number of fused-ring (bicyclic) bond motifs is 1. The highest BCUT2D eigenvalue weighted by Gasteiger charge is 2.30. The molecule has 118 valence electrons. The molecule has 0 aliphatic carbocycles. The second-order valence-electron chi connectivity index (χ2n) is 5.67. The summed E-state index contributed by atoms with van der Waals surface area (Å²) < 4.78 is 37.0. The van der Waals surface area contributed by atoms with Gasteiger partial charge < -0.3 is 4.90 Å². The molecule has 0 N–H and O–H groups in total. The number of rotatable bonds is 2. The van der Waals surface area contributed by atoms with E-state index in [-0.39, 0.29) is 29.7 Å². The van der Waals surface area contributed by atoms with Crippen LogP contribution in [-0.2, 0) is 21.1 Å². The van der Waals surface area contributed by atoms with Crippen molar-refractivity contribution in [1.29, 1.82) is 0 Å². The van der Waals surface area contributed by atoms with Crippen molar-refractivity contribution in [2.45, 2.75) is 19.3 Å². The summed E-state index contributed by atoms with van der Waals surface area (Å²) in [6.07, 6.45) is 3.01. The number of anilines is 1. The van der Waals surface area contributed by atoms with Gasteiger partial charge in [0.05, 0.1) is 11.4 Å². The van der Waals surface area contributed by atoms with E-state index in [4.69, 9.17) is 11.6 Å². The molecule has 1 unspecified atom stereocenters. The monoisotopic (exact) mass is 343 g/mol. The van der Waals surface area contributed by atoms with Gasteiger partial charge in [0, 0.05) is 29.3 Å². The molecule has 22 heavy (non-hydrogen) atoms. The molecule has 7 heteroatoms. The maximum atomic E-state index is 14.2. The van der Waals surface area contributed by atoms with Gasteiger partial charge in [0.1, 0.15) is 5.82 Å². The normalized spacial score (nSPS) is 22.6. The van der Waals surface area contributed by atoms with E-state index < -0.39 is 15.7 Å². The van der Waals surface area contributed by atoms with E-state index >= 15 is 0 Å². The molecule has 1 aromatic carbocycles. The lowest BCUT2D eigenvalue weighted by Gasteiger charge is -2.30. The van der Waals surface area contributed by atoms with Gasteiger partial charge in [0.15, 0.2) is 9.84 Å². The quantitative estimate of drug-likeness (QED) is 0.829. The summed E-state index contributed by atoms with van der Waals surface area (Å²) in [4.78, 5) is 13.9. The minimum atomic E-state index is -3.19. The summed E-state index contributed by atoms with van der Waals surface area (Å²) in [5, 5.41) is 1.46. The maximum absolute atomic E-state index is 14.2. The Morgan fingerprint density at radius 1 is 1.41 bits per heavy atom. The third-order valence-corrected chi connectivity index (χ3v) is 5.63. The van der Waals surface area contributed by atoms with Crippen LogP contribution in [-0.4, -0.2) is 26.6 Å². The Bertz CT molecular complexity index is 760. The maximum Gasteiger partial charge on any atom is 0.227 e. The van der Waals surface area contributed by atoms with Gasteiger partial charge >= 0.3 is 0 Å². The van der Waals surface area contributed by atoms with Crippen LogP contribution < -0.4 is 4.90 Å². The van der Waals surface area contributed by atoms with Crippen molar-refractivity contribution in [1.82, 2.24) is 0 Å². The third-order valence-electron chi connectivity index (χ3n) is 3.95. The van der Waals surface area contributed by atoms with Crippen LogP contribution in [0.15, 0.2) is 23.6 Å². The molecular weight excluding hydrogens is 329 g/mol. The zero-order chi connectivity index (χ0) is 15.9. The Morgan fingerprint density at radius 3 is 2.86 bits per heavy atom. The van der Waals surface area contributed by atoms with Gasteiger partial charge in [-0.3, -0.25) is 4.79 Å². The summed E-state index contributed by atoms with van der Waals surface area (Å²) >= 11 is 5.86. The van der Waals surface area contributed by atoms with E-state index in [9.17, 15) is 17.6 Å². The standard InChI is InChI=1S/C15H15ClFNO3S/c16-12-7-11-2-1-4-18(15(11)13(17)8-12)14(19)6-10-3-5-22(20,21)9-10/h3,5,7-8,10H,1-2,4,6,9H2. The number of carbonyl (C=O) groups is 1. The fraction of sp³-hybridized carbons (Fsp3) is 0.400. The van der Waals surface area contributed by atoms with Crippen molar-refractivity contribution in [3.05, 3.63) is 40.0 Å². The second-order valence-corrected chi connectivity index (χ2v) is 8.03. The number of hydrogen-bond donors (Lipinski definition) is 0. The first-order chi connectivity index (χ1) is 10.4. The molecule has 2 heterocycles. The highest BCUT2D eigenvalue weighted by molar-refractivity contribution is 7.94. The first-order valence-corrected chi connectivity index (χ1v) is 9.14. The highest BCUT2D eigenvalue weighted by atomic mass is 35.5. The van der Waals surface area contributed by atoms with Crippen LogP contribution >= 0.6 is 11.6 Å². The molecule has 1 aromatic rings. The Balaban J connectivity index is 1.82. The summed E-state index contributed by atoms with van der Waals surface area (Å²) in [7, 11) is -3.19. The molecule has 0 radical (unpaired) electrons. The lowest BCUT2D eigenvalue weighted by atomic mass is 9.99. The first kappa shape index (κ1) is 15.5. The Hall–Kier alpha value is -1.40. The van der Waals surface area contributed by atoms with Gasteiger partial charge in [-0.05, 0) is 30.5 Å². The number of nitrogens with zero attached hydrogens (tertiary/aromatic N) is 1. The number of halogens is 2. The number of benzene rings is 1. The number of aryl methyl sites for hydroxylation is 1. The smallest absolute Gasteiger partial charge is 0.227 e. The summed E-state index contributed by atoms with van der Waals surface area (Å²) in [6, 6.07) is 2.88. The van der Waals surface area contributed by atoms with E-state index in [0.29, 0.717) is 18.0 Å². The fourth-order valence-electron chi connectivity index (χ4n) is 3.00. The average molecular weight is 344 g/mol. The zero-order valence-electron chi connectivity index (χ0n) is 11.8. The topological polar surface area (TPSA) is 54.5 Å². The van der Waals surface area contributed by atoms with Gasteiger partial charge in [0.25, 0.3) is 0 Å². The summed E-state index contributed by atoms with van der Waals surface area (Å²) in [5.41, 5.74) is 1.00. The van der Waals surface area contributed by atoms with Crippen LogP contribution in [0.2, 0.25) is 5.02 Å². The fourth-order valence-corrected chi connectivity index (χ4v) is 4.63. The van der Waals surface area contributed by atoms with E-state index in [1.807, 2.05) is 0 Å². The first-order valence-electron chi connectivity index (χ1n) is 7.05. The van der Waals surface area contributed by atoms with E-state index in [1.165, 1.54) is 17.0 Å². The molecule has 3 rings (SSSR count). The number of carbonyl (C=O) groups excluding carboxylic acids is 1. The summed E-state index contributed by atoms with van der Waals surface area (Å²) in [6.45, 7) is 0.438. The van der Waals surface area contributed by atoms with E-state index in [2.05, 4.69) is 0 Å². The van der Waals surface area contributed by atoms with Crippen LogP contribution in [0.5, 0.6) is 0 Å². The zero-order valence-corrected chi connectivity index (χ0v) is 13.3. The van der Waals surface area contributed by atoms with Gasteiger partial charge in [-0.25, -0.2) is 12.8 Å². The Morgan fingerprint density at radius 2 is 2.18 bits per heavy atom. The van der Waals surface area contributed by atoms with Crippen molar-refractivity contribution < 1.29 is 17.6 Å². The SMILES string of the molecule is O=C(CC1C=CS(=O)(=O)C1)N1CCCc2cc(Cl)cc(F)c21. The van der Waals surface area contributed by atoms with Crippen LogP contribution in [0.25, 0.3) is 0 Å². The van der Waals surface area contributed by atoms with E-state index in [1.54, 1.807) is 6.07 Å². The van der Waals surface area contributed by atoms with Gasteiger partial charge in [-0.2, -0.15) is 0 Å². The van der Waals surface area contributed by atoms with Crippen molar-refractivity contribution in [3.63, 3.8) is 0 Å². The molecule has 2 aliphatic heterocycles. The lowest BCUT2D eigenvalue weighted by Crippen LogP contribution is -2.37. The average Bonchev–Trinajstić information content (AvgIpc) is 2.76. The predicted molar refractivity (Wildman–Crippen MR) is 83.1 cm³/mol. The molecule has 4 nitrogen and oxygen atoms in total. The Kier molecular flexibility index (Phi) is 3.99. The van der Waals surface area contributed by atoms with Crippen LogP contribution in [0.4, 0.5) is 10.1 Å². The highest BCUT2D eigenvalue weighted by Crippen LogP contribution is 2.34. The molecular formula is C15H15ClFNO3S. The molecule has 0 aromatic heterocycles. The molecule has 0 saturated carbocycles. The molecule has 0 saturated heterocycles. The molecule has 0 fully saturated rings. The largest absolute Gasteiger partial charge is 0.309 e. The Labute approximate surface area is 133 Å². The van der Waals surface area contributed by atoms with Gasteiger partial charge in [-0.1, -0.05) is 17.7 Å². The van der Waals surface area contributed by atoms with Crippen LogP contribution in [0, 0.1) is 11.7 Å². The van der Waals surface area contributed by atoms with Crippen LogP contribution in [0.3, 0.4) is 0 Å². The molecule has 0 spiro atoms. The predicted octanol–water partition coefficient (Wildman–Crippen LogP) is 2.71. The van der Waals surface area contributed by atoms with Crippen molar-refractivity contribution in [2.75, 3.05) is 17.2 Å². The van der Waals surface area contributed by atoms with Crippen molar-refractivity contribution in [3.8, 4) is 0 Å². The molecule has 1 amide bonds. The molecule has 0 bridgehead atoms. The minimum absolute atomic E-state index is 0.0530. The van der Waals surface area contributed by atoms with Crippen molar-refractivity contribution >= 4 is 33.0 Å². The third kappa shape index (κ3) is 3.03. The molecule has 2 aliphatic rings. The van der Waals surface area contributed by atoms with E-state index in [0.717, 1.165) is 17.4 Å². The number of allylic oxidation sites excluding steroid dienone is 1. The number of amides is 1. The van der Waals surface area contributed by atoms with Crippen molar-refractivity contribution in [2.24, 2.45) is 5.92 Å². The number of sulfone groups is 1.